The Morgan fingerprint density at radius 1 is 0.946 bits per heavy atom. The maximum Gasteiger partial charge on any atom is 0.495 e. The average molecular weight is 511 g/mol. The summed E-state index contributed by atoms with van der Waals surface area (Å²) in [5.41, 5.74) is 7.00. The number of ether oxygens (including phenoxy) is 1. The van der Waals surface area contributed by atoms with Crippen molar-refractivity contribution in [3.8, 4) is 17.0 Å². The summed E-state index contributed by atoms with van der Waals surface area (Å²) in [7, 11) is -0.515. The number of thiazole rings is 1. The van der Waals surface area contributed by atoms with E-state index in [2.05, 4.69) is 15.5 Å². The number of benzene rings is 3. The second-order valence-electron chi connectivity index (χ2n) is 9.93. The van der Waals surface area contributed by atoms with Crippen molar-refractivity contribution in [1.82, 2.24) is 4.98 Å². The Balaban J connectivity index is 1.37. The standard InChI is InChI=1S/C29H30BN3O3S/c1-28(2)29(3,4)36-30(35-28)25-16-15-24(34-19-21-11-7-5-8-12-21)17-23(25)18-31-33-27-32-26(20-37-27)22-13-9-6-10-14-22/h5-18,20H,19H2,1-4H3,(H,32,33). The van der Waals surface area contributed by atoms with E-state index in [1.807, 2.05) is 112 Å². The zero-order chi connectivity index (χ0) is 25.9. The summed E-state index contributed by atoms with van der Waals surface area (Å²) < 4.78 is 18.7. The van der Waals surface area contributed by atoms with E-state index in [-0.39, 0.29) is 0 Å². The summed E-state index contributed by atoms with van der Waals surface area (Å²) in [5, 5.41) is 7.22. The Morgan fingerprint density at radius 2 is 1.62 bits per heavy atom. The first-order valence-corrected chi connectivity index (χ1v) is 13.1. The molecule has 3 aromatic carbocycles. The molecule has 37 heavy (non-hydrogen) atoms. The molecule has 6 nitrogen and oxygen atoms in total. The van der Waals surface area contributed by atoms with Crippen molar-refractivity contribution in [2.45, 2.75) is 45.5 Å². The molecule has 0 spiro atoms. The minimum atomic E-state index is -0.515. The smallest absolute Gasteiger partial charge is 0.489 e. The summed E-state index contributed by atoms with van der Waals surface area (Å²) in [4.78, 5) is 4.65. The van der Waals surface area contributed by atoms with Crippen LogP contribution in [0.2, 0.25) is 0 Å². The Morgan fingerprint density at radius 3 is 2.32 bits per heavy atom. The van der Waals surface area contributed by atoms with Gasteiger partial charge in [0.2, 0.25) is 5.13 Å². The van der Waals surface area contributed by atoms with E-state index in [9.17, 15) is 0 Å². The molecule has 0 radical (unpaired) electrons. The number of hydrogen-bond donors (Lipinski definition) is 1. The van der Waals surface area contributed by atoms with Gasteiger partial charge in [-0.3, -0.25) is 5.43 Å². The van der Waals surface area contributed by atoms with E-state index >= 15 is 0 Å². The lowest BCUT2D eigenvalue weighted by Crippen LogP contribution is -2.41. The van der Waals surface area contributed by atoms with E-state index in [0.29, 0.717) is 11.7 Å². The molecule has 1 aliphatic heterocycles. The van der Waals surface area contributed by atoms with Crippen LogP contribution in [0, 0.1) is 0 Å². The van der Waals surface area contributed by atoms with Crippen LogP contribution >= 0.6 is 11.3 Å². The Kier molecular flexibility index (Phi) is 7.15. The molecule has 0 saturated carbocycles. The van der Waals surface area contributed by atoms with Crippen LogP contribution in [0.25, 0.3) is 11.3 Å². The van der Waals surface area contributed by atoms with Gasteiger partial charge in [-0.2, -0.15) is 5.10 Å². The first kappa shape index (κ1) is 25.2. The molecule has 0 aliphatic carbocycles. The van der Waals surface area contributed by atoms with Gasteiger partial charge in [0.05, 0.1) is 23.1 Å². The van der Waals surface area contributed by atoms with E-state index in [1.54, 1.807) is 6.21 Å². The highest BCUT2D eigenvalue weighted by Gasteiger charge is 2.52. The summed E-state index contributed by atoms with van der Waals surface area (Å²) in [6.07, 6.45) is 1.76. The van der Waals surface area contributed by atoms with E-state index in [0.717, 1.165) is 33.6 Å². The molecular weight excluding hydrogens is 481 g/mol. The predicted molar refractivity (Wildman–Crippen MR) is 152 cm³/mol. The quantitative estimate of drug-likeness (QED) is 0.175. The van der Waals surface area contributed by atoms with Crippen molar-refractivity contribution in [2.75, 3.05) is 5.43 Å². The molecule has 188 valence electrons. The summed E-state index contributed by atoms with van der Waals surface area (Å²) in [6, 6.07) is 26.1. The first-order chi connectivity index (χ1) is 17.8. The molecule has 1 aromatic heterocycles. The summed E-state index contributed by atoms with van der Waals surface area (Å²) in [6.45, 7) is 8.67. The fraction of sp³-hybridized carbons (Fsp3) is 0.241. The lowest BCUT2D eigenvalue weighted by Gasteiger charge is -2.32. The van der Waals surface area contributed by atoms with Crippen LogP contribution < -0.4 is 15.6 Å². The lowest BCUT2D eigenvalue weighted by atomic mass is 9.76. The summed E-state index contributed by atoms with van der Waals surface area (Å²) >= 11 is 1.51. The van der Waals surface area contributed by atoms with Gasteiger partial charge in [0.25, 0.3) is 0 Å². The van der Waals surface area contributed by atoms with Crippen molar-refractivity contribution in [1.29, 1.82) is 0 Å². The molecule has 0 amide bonds. The third-order valence-corrected chi connectivity index (χ3v) is 7.50. The molecule has 1 N–H and O–H groups in total. The van der Waals surface area contributed by atoms with E-state index in [1.165, 1.54) is 11.3 Å². The second kappa shape index (κ2) is 10.5. The van der Waals surface area contributed by atoms with Gasteiger partial charge in [-0.1, -0.05) is 66.7 Å². The van der Waals surface area contributed by atoms with Gasteiger partial charge in [-0.25, -0.2) is 4.98 Å². The van der Waals surface area contributed by atoms with Crippen LogP contribution in [-0.2, 0) is 15.9 Å². The number of anilines is 1. The average Bonchev–Trinajstić information content (AvgIpc) is 3.45. The monoisotopic (exact) mass is 511 g/mol. The minimum Gasteiger partial charge on any atom is -0.489 e. The number of aromatic nitrogens is 1. The molecule has 0 unspecified atom stereocenters. The van der Waals surface area contributed by atoms with Crippen LogP contribution in [0.3, 0.4) is 0 Å². The van der Waals surface area contributed by atoms with Crippen molar-refractivity contribution in [3.63, 3.8) is 0 Å². The van der Waals surface area contributed by atoms with Crippen LogP contribution in [0.5, 0.6) is 5.75 Å². The Labute approximate surface area is 222 Å². The van der Waals surface area contributed by atoms with Gasteiger partial charge >= 0.3 is 7.12 Å². The fourth-order valence-electron chi connectivity index (χ4n) is 3.90. The number of nitrogens with one attached hydrogen (secondary N) is 1. The van der Waals surface area contributed by atoms with Gasteiger partial charge in [-0.05, 0) is 56.4 Å². The molecule has 2 heterocycles. The fourth-order valence-corrected chi connectivity index (χ4v) is 4.57. The van der Waals surface area contributed by atoms with Crippen molar-refractivity contribution < 1.29 is 14.0 Å². The topological polar surface area (TPSA) is 65.0 Å². The SMILES string of the molecule is CC1(C)OB(c2ccc(OCc3ccccc3)cc2C=NNc2nc(-c3ccccc3)cs2)OC1(C)C. The van der Waals surface area contributed by atoms with Gasteiger partial charge in [0, 0.05) is 10.9 Å². The minimum absolute atomic E-state index is 0.443. The molecule has 5 rings (SSSR count). The van der Waals surface area contributed by atoms with Crippen molar-refractivity contribution in [3.05, 3.63) is 95.4 Å². The Bertz CT molecular complexity index is 1360. The van der Waals surface area contributed by atoms with Crippen molar-refractivity contribution in [2.24, 2.45) is 5.10 Å². The number of rotatable bonds is 8. The Hall–Kier alpha value is -3.46. The molecule has 1 saturated heterocycles. The highest BCUT2D eigenvalue weighted by atomic mass is 32.1. The van der Waals surface area contributed by atoms with E-state index in [4.69, 9.17) is 14.0 Å². The highest BCUT2D eigenvalue weighted by molar-refractivity contribution is 7.14. The number of hydrazone groups is 1. The maximum atomic E-state index is 6.32. The number of hydrogen-bond acceptors (Lipinski definition) is 7. The molecule has 1 aliphatic rings. The first-order valence-electron chi connectivity index (χ1n) is 12.3. The zero-order valence-corrected chi connectivity index (χ0v) is 22.3. The van der Waals surface area contributed by atoms with Gasteiger partial charge in [0.1, 0.15) is 12.4 Å². The van der Waals surface area contributed by atoms with Crippen LogP contribution in [0.4, 0.5) is 5.13 Å². The normalized spacial score (nSPS) is 16.3. The number of nitrogens with zero attached hydrogens (tertiary/aromatic N) is 2. The highest BCUT2D eigenvalue weighted by Crippen LogP contribution is 2.37. The zero-order valence-electron chi connectivity index (χ0n) is 21.5. The third-order valence-electron chi connectivity index (χ3n) is 6.75. The van der Waals surface area contributed by atoms with Gasteiger partial charge in [0.15, 0.2) is 0 Å². The van der Waals surface area contributed by atoms with Crippen LogP contribution in [-0.4, -0.2) is 29.5 Å². The third kappa shape index (κ3) is 5.77. The van der Waals surface area contributed by atoms with Crippen LogP contribution in [0.15, 0.2) is 89.3 Å². The predicted octanol–water partition coefficient (Wildman–Crippen LogP) is 6.13. The molecule has 0 atom stereocenters. The molecule has 1 fully saturated rings. The van der Waals surface area contributed by atoms with Gasteiger partial charge in [-0.15, -0.1) is 11.3 Å². The maximum absolute atomic E-state index is 6.32. The van der Waals surface area contributed by atoms with Crippen LogP contribution in [0.1, 0.15) is 38.8 Å². The lowest BCUT2D eigenvalue weighted by molar-refractivity contribution is 0.00578. The molecule has 0 bridgehead atoms. The molecule has 8 heteroatoms. The van der Waals surface area contributed by atoms with Crippen molar-refractivity contribution >= 4 is 35.3 Å². The summed E-state index contributed by atoms with van der Waals surface area (Å²) in [5.74, 6) is 0.742. The second-order valence-corrected chi connectivity index (χ2v) is 10.8. The molecule has 4 aromatic rings. The molecular formula is C29H30BN3O3S. The largest absolute Gasteiger partial charge is 0.495 e. The van der Waals surface area contributed by atoms with E-state index < -0.39 is 18.3 Å². The van der Waals surface area contributed by atoms with Gasteiger partial charge < -0.3 is 14.0 Å².